The molecule has 1 aromatic heterocycles. The molecule has 0 saturated heterocycles. The molecule has 0 radical (unpaired) electrons. The highest BCUT2D eigenvalue weighted by Gasteiger charge is 2.21. The Labute approximate surface area is 123 Å². The van der Waals surface area contributed by atoms with Crippen molar-refractivity contribution in [2.24, 2.45) is 0 Å². The number of ether oxygens (including phenoxy) is 1. The van der Waals surface area contributed by atoms with Gasteiger partial charge < -0.3 is 15.4 Å². The SMILES string of the molecule is COc1cccc(NC(=O)c2cc(NC3CC3)ccn2)c1. The molecule has 2 N–H and O–H groups in total. The van der Waals surface area contributed by atoms with E-state index in [0.29, 0.717) is 23.2 Å². The van der Waals surface area contributed by atoms with Crippen molar-refractivity contribution in [1.82, 2.24) is 4.98 Å². The highest BCUT2D eigenvalue weighted by atomic mass is 16.5. The number of aromatic nitrogens is 1. The maximum atomic E-state index is 12.2. The largest absolute Gasteiger partial charge is 0.497 e. The molecule has 21 heavy (non-hydrogen) atoms. The molecular formula is C16H17N3O2. The van der Waals surface area contributed by atoms with Crippen molar-refractivity contribution in [3.05, 3.63) is 48.3 Å². The van der Waals surface area contributed by atoms with E-state index in [-0.39, 0.29) is 5.91 Å². The van der Waals surface area contributed by atoms with E-state index in [4.69, 9.17) is 4.74 Å². The highest BCUT2D eigenvalue weighted by Crippen LogP contribution is 2.24. The van der Waals surface area contributed by atoms with Gasteiger partial charge in [-0.2, -0.15) is 0 Å². The normalized spacial score (nSPS) is 13.6. The minimum atomic E-state index is -0.234. The number of carbonyl (C=O) groups is 1. The van der Waals surface area contributed by atoms with Crippen LogP contribution in [-0.2, 0) is 0 Å². The molecule has 2 aromatic rings. The number of anilines is 2. The molecule has 1 amide bonds. The van der Waals surface area contributed by atoms with E-state index in [1.54, 1.807) is 25.4 Å². The maximum absolute atomic E-state index is 12.2. The molecule has 108 valence electrons. The Balaban J connectivity index is 1.71. The van der Waals surface area contributed by atoms with Gasteiger partial charge in [-0.05, 0) is 37.1 Å². The van der Waals surface area contributed by atoms with E-state index in [2.05, 4.69) is 15.6 Å². The molecule has 1 aliphatic rings. The third-order valence-corrected chi connectivity index (χ3v) is 3.27. The molecular weight excluding hydrogens is 266 g/mol. The Bertz CT molecular complexity index is 653. The smallest absolute Gasteiger partial charge is 0.274 e. The lowest BCUT2D eigenvalue weighted by Gasteiger charge is -2.08. The lowest BCUT2D eigenvalue weighted by Crippen LogP contribution is -2.14. The number of pyridine rings is 1. The fourth-order valence-electron chi connectivity index (χ4n) is 2.00. The van der Waals surface area contributed by atoms with E-state index in [0.717, 1.165) is 5.69 Å². The van der Waals surface area contributed by atoms with Crippen molar-refractivity contribution in [3.8, 4) is 5.75 Å². The molecule has 0 atom stereocenters. The van der Waals surface area contributed by atoms with Crippen LogP contribution in [0.5, 0.6) is 5.75 Å². The van der Waals surface area contributed by atoms with Crippen molar-refractivity contribution in [2.45, 2.75) is 18.9 Å². The van der Waals surface area contributed by atoms with E-state index in [9.17, 15) is 4.79 Å². The van der Waals surface area contributed by atoms with Gasteiger partial charge in [-0.15, -0.1) is 0 Å². The van der Waals surface area contributed by atoms with Crippen LogP contribution in [0.2, 0.25) is 0 Å². The first kappa shape index (κ1) is 13.4. The first-order valence-electron chi connectivity index (χ1n) is 6.92. The molecule has 0 bridgehead atoms. The lowest BCUT2D eigenvalue weighted by molar-refractivity contribution is 0.102. The summed E-state index contributed by atoms with van der Waals surface area (Å²) in [5.41, 5.74) is 2.01. The summed E-state index contributed by atoms with van der Waals surface area (Å²) in [7, 11) is 1.59. The van der Waals surface area contributed by atoms with Crippen LogP contribution in [0.1, 0.15) is 23.3 Å². The van der Waals surface area contributed by atoms with Gasteiger partial charge in [-0.25, -0.2) is 0 Å². The number of methoxy groups -OCH3 is 1. The van der Waals surface area contributed by atoms with Crippen LogP contribution in [0, 0.1) is 0 Å². The van der Waals surface area contributed by atoms with E-state index in [1.807, 2.05) is 24.3 Å². The van der Waals surface area contributed by atoms with Crippen molar-refractivity contribution in [1.29, 1.82) is 0 Å². The zero-order valence-electron chi connectivity index (χ0n) is 11.8. The number of amides is 1. The minimum absolute atomic E-state index is 0.234. The number of benzene rings is 1. The van der Waals surface area contributed by atoms with Crippen LogP contribution in [0.3, 0.4) is 0 Å². The van der Waals surface area contributed by atoms with Gasteiger partial charge in [-0.1, -0.05) is 6.07 Å². The first-order valence-corrected chi connectivity index (χ1v) is 6.92. The monoisotopic (exact) mass is 283 g/mol. The molecule has 0 unspecified atom stereocenters. The standard InChI is InChI=1S/C16H17N3O2/c1-21-14-4-2-3-12(9-14)19-16(20)15-10-13(7-8-17-15)18-11-5-6-11/h2-4,7-11H,5-6H2,1H3,(H,17,18)(H,19,20). The zero-order valence-corrected chi connectivity index (χ0v) is 11.8. The van der Waals surface area contributed by atoms with Gasteiger partial charge in [0.25, 0.3) is 5.91 Å². The third-order valence-electron chi connectivity index (χ3n) is 3.27. The maximum Gasteiger partial charge on any atom is 0.274 e. The summed E-state index contributed by atoms with van der Waals surface area (Å²) in [5.74, 6) is 0.465. The fraction of sp³-hybridized carbons (Fsp3) is 0.250. The zero-order chi connectivity index (χ0) is 14.7. The summed E-state index contributed by atoms with van der Waals surface area (Å²) >= 11 is 0. The van der Waals surface area contributed by atoms with Crippen molar-refractivity contribution in [2.75, 3.05) is 17.7 Å². The molecule has 0 spiro atoms. The van der Waals surface area contributed by atoms with Crippen molar-refractivity contribution < 1.29 is 9.53 Å². The van der Waals surface area contributed by atoms with Gasteiger partial charge in [-0.3, -0.25) is 9.78 Å². The van der Waals surface area contributed by atoms with E-state index >= 15 is 0 Å². The Hall–Kier alpha value is -2.56. The summed E-state index contributed by atoms with van der Waals surface area (Å²) in [6.45, 7) is 0. The summed E-state index contributed by atoms with van der Waals surface area (Å²) < 4.78 is 5.13. The molecule has 1 aromatic carbocycles. The predicted octanol–water partition coefficient (Wildman–Crippen LogP) is 2.92. The predicted molar refractivity (Wildman–Crippen MR) is 81.8 cm³/mol. The first-order chi connectivity index (χ1) is 10.2. The average molecular weight is 283 g/mol. The van der Waals surface area contributed by atoms with Gasteiger partial charge in [0, 0.05) is 29.7 Å². The number of carbonyl (C=O) groups excluding carboxylic acids is 1. The van der Waals surface area contributed by atoms with Crippen LogP contribution >= 0.6 is 0 Å². The van der Waals surface area contributed by atoms with Crippen LogP contribution < -0.4 is 15.4 Å². The Morgan fingerprint density at radius 3 is 2.86 bits per heavy atom. The molecule has 5 heteroatoms. The fourth-order valence-corrected chi connectivity index (χ4v) is 2.00. The molecule has 1 fully saturated rings. The summed E-state index contributed by atoms with van der Waals surface area (Å²) in [5, 5.41) is 6.17. The third kappa shape index (κ3) is 3.51. The van der Waals surface area contributed by atoms with Gasteiger partial charge >= 0.3 is 0 Å². The highest BCUT2D eigenvalue weighted by molar-refractivity contribution is 6.03. The second kappa shape index (κ2) is 5.83. The number of hydrogen-bond donors (Lipinski definition) is 2. The van der Waals surface area contributed by atoms with Crippen LogP contribution in [-0.4, -0.2) is 24.0 Å². The number of nitrogens with zero attached hydrogens (tertiary/aromatic N) is 1. The molecule has 0 aliphatic heterocycles. The summed E-state index contributed by atoms with van der Waals surface area (Å²) in [6, 6.07) is 11.4. The van der Waals surface area contributed by atoms with E-state index < -0.39 is 0 Å². The molecule has 1 heterocycles. The quantitative estimate of drug-likeness (QED) is 0.885. The number of rotatable bonds is 5. The second-order valence-corrected chi connectivity index (χ2v) is 5.03. The minimum Gasteiger partial charge on any atom is -0.497 e. The molecule has 5 nitrogen and oxygen atoms in total. The van der Waals surface area contributed by atoms with Crippen LogP contribution in [0.4, 0.5) is 11.4 Å². The van der Waals surface area contributed by atoms with Gasteiger partial charge in [0.2, 0.25) is 0 Å². The number of nitrogens with one attached hydrogen (secondary N) is 2. The number of hydrogen-bond acceptors (Lipinski definition) is 4. The summed E-state index contributed by atoms with van der Waals surface area (Å²) in [4.78, 5) is 16.3. The topological polar surface area (TPSA) is 63.2 Å². The summed E-state index contributed by atoms with van der Waals surface area (Å²) in [6.07, 6.45) is 4.02. The molecule has 1 aliphatic carbocycles. The lowest BCUT2D eigenvalue weighted by atomic mass is 10.2. The molecule has 1 saturated carbocycles. The second-order valence-electron chi connectivity index (χ2n) is 5.03. The molecule has 3 rings (SSSR count). The van der Waals surface area contributed by atoms with Crippen molar-refractivity contribution in [3.63, 3.8) is 0 Å². The Kier molecular flexibility index (Phi) is 3.73. The van der Waals surface area contributed by atoms with Crippen molar-refractivity contribution >= 4 is 17.3 Å². The van der Waals surface area contributed by atoms with Gasteiger partial charge in [0.1, 0.15) is 11.4 Å². The van der Waals surface area contributed by atoms with Crippen LogP contribution in [0.25, 0.3) is 0 Å². The van der Waals surface area contributed by atoms with Gasteiger partial charge in [0.15, 0.2) is 0 Å². The Morgan fingerprint density at radius 2 is 2.10 bits per heavy atom. The Morgan fingerprint density at radius 1 is 1.24 bits per heavy atom. The van der Waals surface area contributed by atoms with E-state index in [1.165, 1.54) is 12.8 Å². The van der Waals surface area contributed by atoms with Gasteiger partial charge in [0.05, 0.1) is 7.11 Å². The van der Waals surface area contributed by atoms with Crippen LogP contribution in [0.15, 0.2) is 42.6 Å². The average Bonchev–Trinajstić information content (AvgIpc) is 3.31.